The van der Waals surface area contributed by atoms with Gasteiger partial charge >= 0.3 is 12.1 Å². The number of aromatic nitrogens is 3. The maximum absolute atomic E-state index is 12.9. The lowest BCUT2D eigenvalue weighted by Gasteiger charge is -2.33. The third-order valence-corrected chi connectivity index (χ3v) is 5.90. The average molecular weight is 520 g/mol. The third kappa shape index (κ3) is 6.76. The first-order chi connectivity index (χ1) is 18.2. The summed E-state index contributed by atoms with van der Waals surface area (Å²) in [6.45, 7) is 8.76. The van der Waals surface area contributed by atoms with E-state index in [0.717, 1.165) is 18.5 Å². The highest BCUT2D eigenvalue weighted by atomic mass is 16.6. The third-order valence-electron chi connectivity index (χ3n) is 5.90. The van der Waals surface area contributed by atoms with E-state index in [4.69, 9.17) is 14.2 Å². The molecule has 1 aliphatic rings. The second kappa shape index (κ2) is 11.9. The second-order valence-electron chi connectivity index (χ2n) is 9.87. The van der Waals surface area contributed by atoms with Crippen LogP contribution < -0.4 is 9.64 Å². The average Bonchev–Trinajstić information content (AvgIpc) is 3.36. The van der Waals surface area contributed by atoms with Crippen LogP contribution in [0.2, 0.25) is 0 Å². The molecule has 0 radical (unpaired) electrons. The fraction of sp³-hybridized carbons (Fsp3) is 0.393. The summed E-state index contributed by atoms with van der Waals surface area (Å²) >= 11 is 0. The van der Waals surface area contributed by atoms with Crippen molar-refractivity contribution >= 4 is 23.4 Å². The second-order valence-corrected chi connectivity index (χ2v) is 9.87. The summed E-state index contributed by atoms with van der Waals surface area (Å²) in [5, 5.41) is 0. The summed E-state index contributed by atoms with van der Waals surface area (Å²) < 4.78 is 17.0. The maximum atomic E-state index is 12.9. The van der Waals surface area contributed by atoms with Gasteiger partial charge in [0, 0.05) is 25.4 Å². The number of ether oxygens (including phenoxy) is 3. The van der Waals surface area contributed by atoms with Gasteiger partial charge in [-0.1, -0.05) is 0 Å². The number of rotatable bonds is 8. The van der Waals surface area contributed by atoms with Crippen LogP contribution in [0.4, 0.5) is 16.2 Å². The smallest absolute Gasteiger partial charge is 0.410 e. The van der Waals surface area contributed by atoms with Crippen molar-refractivity contribution in [3.05, 3.63) is 67.0 Å². The number of nitrogens with zero attached hydrogens (tertiary/aromatic N) is 5. The molecule has 3 aromatic rings. The molecular formula is C28H33N5O5. The Balaban J connectivity index is 1.61. The normalized spacial score (nSPS) is 15.2. The Morgan fingerprint density at radius 2 is 1.79 bits per heavy atom. The van der Waals surface area contributed by atoms with Crippen molar-refractivity contribution in [3.63, 3.8) is 0 Å². The lowest BCUT2D eigenvalue weighted by Crippen LogP contribution is -2.44. The topological polar surface area (TPSA) is 107 Å². The standard InChI is InChI=1S/C28H33N5O5/c1-5-36-26(34)20-8-10-23(11-9-20)37-25-12-13-29-17-24(25)33(22-15-30-19-31-16-22)18-21-7-6-14-32(21)27(35)38-28(2,3)4/h8-13,15-17,19,21H,5-7,14,18H2,1-4H3. The van der Waals surface area contributed by atoms with E-state index in [-0.39, 0.29) is 18.1 Å². The number of hydrogen-bond acceptors (Lipinski definition) is 9. The summed E-state index contributed by atoms with van der Waals surface area (Å²) in [6.07, 6.45) is 9.64. The molecule has 0 saturated carbocycles. The number of hydrogen-bond donors (Lipinski definition) is 0. The first-order valence-electron chi connectivity index (χ1n) is 12.7. The fourth-order valence-electron chi connectivity index (χ4n) is 4.23. The number of likely N-dealkylation sites (tertiary alicyclic amines) is 1. The molecule has 10 nitrogen and oxygen atoms in total. The van der Waals surface area contributed by atoms with E-state index in [1.807, 2.05) is 25.7 Å². The molecule has 1 atom stereocenters. The van der Waals surface area contributed by atoms with Crippen molar-refractivity contribution in [1.82, 2.24) is 19.9 Å². The predicted octanol–water partition coefficient (Wildman–Crippen LogP) is 5.38. The van der Waals surface area contributed by atoms with Crippen molar-refractivity contribution in [1.29, 1.82) is 0 Å². The monoisotopic (exact) mass is 519 g/mol. The van der Waals surface area contributed by atoms with Crippen molar-refractivity contribution < 1.29 is 23.8 Å². The number of anilines is 2. The van der Waals surface area contributed by atoms with Crippen LogP contribution in [0.15, 0.2) is 61.4 Å². The first kappa shape index (κ1) is 26.8. The number of carbonyl (C=O) groups excluding carboxylic acids is 2. The lowest BCUT2D eigenvalue weighted by atomic mass is 10.1. The minimum Gasteiger partial charge on any atom is -0.462 e. The minimum absolute atomic E-state index is 0.0954. The van der Waals surface area contributed by atoms with Gasteiger partial charge in [0.15, 0.2) is 5.75 Å². The van der Waals surface area contributed by atoms with Gasteiger partial charge in [0.25, 0.3) is 0 Å². The zero-order valence-electron chi connectivity index (χ0n) is 22.2. The minimum atomic E-state index is -0.579. The van der Waals surface area contributed by atoms with Crippen LogP contribution in [-0.2, 0) is 9.47 Å². The molecule has 1 aromatic carbocycles. The van der Waals surface area contributed by atoms with Crippen LogP contribution >= 0.6 is 0 Å². The van der Waals surface area contributed by atoms with Crippen molar-refractivity contribution in [3.8, 4) is 11.5 Å². The van der Waals surface area contributed by atoms with Gasteiger partial charge in [-0.3, -0.25) is 4.98 Å². The number of pyridine rings is 1. The van der Waals surface area contributed by atoms with E-state index in [1.165, 1.54) is 6.33 Å². The highest BCUT2D eigenvalue weighted by Gasteiger charge is 2.34. The fourth-order valence-corrected chi connectivity index (χ4v) is 4.23. The summed E-state index contributed by atoms with van der Waals surface area (Å²) in [5.74, 6) is 0.713. The zero-order valence-corrected chi connectivity index (χ0v) is 22.2. The summed E-state index contributed by atoms with van der Waals surface area (Å²) in [4.78, 5) is 41.5. The molecular weight excluding hydrogens is 486 g/mol. The number of esters is 1. The van der Waals surface area contributed by atoms with Crippen LogP contribution in [-0.4, -0.2) is 63.3 Å². The van der Waals surface area contributed by atoms with Crippen molar-refractivity contribution in [2.45, 2.75) is 52.2 Å². The van der Waals surface area contributed by atoms with Crippen molar-refractivity contribution in [2.75, 3.05) is 24.6 Å². The van der Waals surface area contributed by atoms with Crippen molar-refractivity contribution in [2.24, 2.45) is 0 Å². The Morgan fingerprint density at radius 1 is 1.05 bits per heavy atom. The van der Waals surface area contributed by atoms with Gasteiger partial charge in [-0.15, -0.1) is 0 Å². The number of amides is 1. The van der Waals surface area contributed by atoms with Gasteiger partial charge in [0.2, 0.25) is 0 Å². The maximum Gasteiger partial charge on any atom is 0.410 e. The van der Waals surface area contributed by atoms with Gasteiger partial charge in [-0.05, 0) is 64.8 Å². The van der Waals surface area contributed by atoms with E-state index in [1.54, 1.807) is 66.9 Å². The summed E-state index contributed by atoms with van der Waals surface area (Å²) in [6, 6.07) is 8.43. The van der Waals surface area contributed by atoms with Gasteiger partial charge in [0.05, 0.1) is 42.5 Å². The molecule has 4 rings (SSSR count). The highest BCUT2D eigenvalue weighted by Crippen LogP contribution is 2.37. The molecule has 0 bridgehead atoms. The molecule has 200 valence electrons. The Hall–Kier alpha value is -4.21. The Labute approximate surface area is 222 Å². The van der Waals surface area contributed by atoms with Crippen LogP contribution in [0.3, 0.4) is 0 Å². The van der Waals surface area contributed by atoms with E-state index in [2.05, 4.69) is 15.0 Å². The zero-order chi connectivity index (χ0) is 27.1. The van der Waals surface area contributed by atoms with Crippen LogP contribution in [0.25, 0.3) is 0 Å². The Morgan fingerprint density at radius 3 is 2.47 bits per heavy atom. The molecule has 0 N–H and O–H groups in total. The SMILES string of the molecule is CCOC(=O)c1ccc(Oc2ccncc2N(CC2CCCN2C(=O)OC(C)(C)C)c2cncnc2)cc1. The summed E-state index contributed by atoms with van der Waals surface area (Å²) in [7, 11) is 0. The van der Waals surface area contributed by atoms with E-state index >= 15 is 0 Å². The number of benzene rings is 1. The molecule has 1 aliphatic heterocycles. The predicted molar refractivity (Wildman–Crippen MR) is 142 cm³/mol. The largest absolute Gasteiger partial charge is 0.462 e. The summed E-state index contributed by atoms with van der Waals surface area (Å²) in [5.41, 5.74) is 1.29. The van der Waals surface area contributed by atoms with E-state index < -0.39 is 5.60 Å². The lowest BCUT2D eigenvalue weighted by molar-refractivity contribution is 0.0232. The molecule has 1 amide bonds. The van der Waals surface area contributed by atoms with Gasteiger partial charge < -0.3 is 24.0 Å². The van der Waals surface area contributed by atoms with E-state index in [0.29, 0.717) is 42.4 Å². The van der Waals surface area contributed by atoms with Crippen LogP contribution in [0.1, 0.15) is 50.9 Å². The van der Waals surface area contributed by atoms with Gasteiger partial charge in [-0.25, -0.2) is 19.6 Å². The molecule has 3 heterocycles. The van der Waals surface area contributed by atoms with Gasteiger partial charge in [0.1, 0.15) is 23.4 Å². The van der Waals surface area contributed by atoms with Crippen LogP contribution in [0, 0.1) is 0 Å². The highest BCUT2D eigenvalue weighted by molar-refractivity contribution is 5.89. The Kier molecular flexibility index (Phi) is 8.40. The van der Waals surface area contributed by atoms with E-state index in [9.17, 15) is 9.59 Å². The van der Waals surface area contributed by atoms with Crippen LogP contribution in [0.5, 0.6) is 11.5 Å². The molecule has 1 fully saturated rings. The first-order valence-corrected chi connectivity index (χ1v) is 12.7. The Bertz CT molecular complexity index is 1230. The molecule has 1 saturated heterocycles. The molecule has 10 heteroatoms. The van der Waals surface area contributed by atoms with Gasteiger partial charge in [-0.2, -0.15) is 0 Å². The number of carbonyl (C=O) groups is 2. The molecule has 0 spiro atoms. The molecule has 0 aliphatic carbocycles. The molecule has 2 aromatic heterocycles. The molecule has 1 unspecified atom stereocenters. The quantitative estimate of drug-likeness (QED) is 0.363. The molecule has 38 heavy (non-hydrogen) atoms.